The van der Waals surface area contributed by atoms with E-state index in [1.54, 1.807) is 12.1 Å². The first-order valence-corrected chi connectivity index (χ1v) is 8.82. The van der Waals surface area contributed by atoms with Crippen molar-refractivity contribution in [2.45, 2.75) is 30.2 Å². The van der Waals surface area contributed by atoms with Gasteiger partial charge >= 0.3 is 0 Å². The summed E-state index contributed by atoms with van der Waals surface area (Å²) in [7, 11) is -3.53. The Labute approximate surface area is 139 Å². The second-order valence-corrected chi connectivity index (χ2v) is 7.61. The minimum absolute atomic E-state index is 0. The molecule has 20 heavy (non-hydrogen) atoms. The zero-order valence-corrected chi connectivity index (χ0v) is 14.7. The minimum Gasteiger partial charge on any atom is -0.314 e. The van der Waals surface area contributed by atoms with Crippen LogP contribution in [0.5, 0.6) is 0 Å². The van der Waals surface area contributed by atoms with E-state index in [0.717, 1.165) is 30.3 Å². The molecule has 1 aliphatic heterocycles. The molecular weight excluding hydrogens is 387 g/mol. The van der Waals surface area contributed by atoms with Crippen LogP contribution in [-0.2, 0) is 10.0 Å². The van der Waals surface area contributed by atoms with Crippen molar-refractivity contribution < 1.29 is 8.42 Å². The number of halogens is 3. The van der Waals surface area contributed by atoms with Crippen LogP contribution in [0.15, 0.2) is 27.6 Å². The van der Waals surface area contributed by atoms with Gasteiger partial charge in [-0.15, -0.1) is 12.4 Å². The van der Waals surface area contributed by atoms with Gasteiger partial charge in [-0.2, -0.15) is 0 Å². The van der Waals surface area contributed by atoms with E-state index in [9.17, 15) is 8.42 Å². The molecule has 114 valence electrons. The Balaban J connectivity index is 0.00000200. The van der Waals surface area contributed by atoms with E-state index in [-0.39, 0.29) is 22.3 Å². The van der Waals surface area contributed by atoms with Gasteiger partial charge in [0.15, 0.2) is 0 Å². The van der Waals surface area contributed by atoms with Crippen molar-refractivity contribution in [1.29, 1.82) is 0 Å². The van der Waals surface area contributed by atoms with E-state index in [1.807, 2.05) is 0 Å². The number of sulfonamides is 1. The molecule has 1 heterocycles. The summed E-state index contributed by atoms with van der Waals surface area (Å²) in [5.74, 6) is 0. The number of benzene rings is 1. The molecule has 0 radical (unpaired) electrons. The third-order valence-corrected chi connectivity index (χ3v) is 5.57. The zero-order valence-electron chi connectivity index (χ0n) is 10.7. The molecule has 2 N–H and O–H groups in total. The van der Waals surface area contributed by atoms with Gasteiger partial charge in [-0.25, -0.2) is 13.1 Å². The fourth-order valence-electron chi connectivity index (χ4n) is 2.14. The lowest BCUT2D eigenvalue weighted by atomic mass is 10.2. The predicted octanol–water partition coefficient (Wildman–Crippen LogP) is 2.94. The van der Waals surface area contributed by atoms with Crippen molar-refractivity contribution in [3.05, 3.63) is 27.7 Å². The van der Waals surface area contributed by atoms with E-state index in [4.69, 9.17) is 11.6 Å². The lowest BCUT2D eigenvalue weighted by molar-refractivity contribution is 0.539. The molecule has 1 fully saturated rings. The number of hydrogen-bond acceptors (Lipinski definition) is 3. The minimum atomic E-state index is -3.53. The molecule has 0 spiro atoms. The van der Waals surface area contributed by atoms with Gasteiger partial charge in [0, 0.05) is 17.1 Å². The predicted molar refractivity (Wildman–Crippen MR) is 87.2 cm³/mol. The molecule has 1 aromatic carbocycles. The van der Waals surface area contributed by atoms with Crippen LogP contribution in [0.25, 0.3) is 0 Å². The lowest BCUT2D eigenvalue weighted by Crippen LogP contribution is -2.30. The summed E-state index contributed by atoms with van der Waals surface area (Å²) in [5.41, 5.74) is 0. The normalized spacial score (nSPS) is 18.8. The van der Waals surface area contributed by atoms with Crippen molar-refractivity contribution in [2.24, 2.45) is 0 Å². The van der Waals surface area contributed by atoms with Gasteiger partial charge in [0.25, 0.3) is 0 Å². The molecule has 0 amide bonds. The largest absolute Gasteiger partial charge is 0.314 e. The van der Waals surface area contributed by atoms with Crippen molar-refractivity contribution in [2.75, 3.05) is 13.1 Å². The topological polar surface area (TPSA) is 58.2 Å². The molecule has 0 aliphatic carbocycles. The smallest absolute Gasteiger partial charge is 0.242 e. The molecule has 4 nitrogen and oxygen atoms in total. The monoisotopic (exact) mass is 402 g/mol. The Morgan fingerprint density at radius 3 is 2.80 bits per heavy atom. The number of rotatable bonds is 5. The summed E-state index contributed by atoms with van der Waals surface area (Å²) in [6.45, 7) is 1.45. The molecule has 0 saturated carbocycles. The van der Waals surface area contributed by atoms with Crippen molar-refractivity contribution in [3.8, 4) is 0 Å². The lowest BCUT2D eigenvalue weighted by Gasteiger charge is -2.12. The molecule has 1 atom stereocenters. The molecule has 0 aromatic heterocycles. The van der Waals surface area contributed by atoms with Crippen molar-refractivity contribution in [1.82, 2.24) is 10.0 Å². The van der Waals surface area contributed by atoms with Crippen LogP contribution >= 0.6 is 39.9 Å². The van der Waals surface area contributed by atoms with E-state index in [2.05, 4.69) is 26.0 Å². The van der Waals surface area contributed by atoms with Gasteiger partial charge in [0.1, 0.15) is 4.90 Å². The molecule has 0 unspecified atom stereocenters. The summed E-state index contributed by atoms with van der Waals surface area (Å²) in [6.07, 6.45) is 3.07. The SMILES string of the molecule is Cl.O=S(=O)(NCC[C@H]1CCCN1)c1ccc(Br)cc1Cl. The van der Waals surface area contributed by atoms with Crippen molar-refractivity contribution >= 4 is 50.0 Å². The second kappa shape index (κ2) is 7.96. The van der Waals surface area contributed by atoms with E-state index >= 15 is 0 Å². The Morgan fingerprint density at radius 2 is 2.20 bits per heavy atom. The molecule has 1 aliphatic rings. The maximum Gasteiger partial charge on any atom is 0.242 e. The highest BCUT2D eigenvalue weighted by Crippen LogP contribution is 2.25. The van der Waals surface area contributed by atoms with Crippen LogP contribution in [-0.4, -0.2) is 27.5 Å². The third kappa shape index (κ3) is 4.86. The molecular formula is C12H17BrCl2N2O2S. The summed E-state index contributed by atoms with van der Waals surface area (Å²) in [5, 5.41) is 3.56. The zero-order chi connectivity index (χ0) is 13.9. The first-order valence-electron chi connectivity index (χ1n) is 6.17. The summed E-state index contributed by atoms with van der Waals surface area (Å²) < 4.78 is 27.6. The molecule has 0 bridgehead atoms. The average Bonchev–Trinajstić information content (AvgIpc) is 2.81. The summed E-state index contributed by atoms with van der Waals surface area (Å²) in [6, 6.07) is 5.17. The average molecular weight is 404 g/mol. The molecule has 2 rings (SSSR count). The van der Waals surface area contributed by atoms with Crippen LogP contribution in [0.1, 0.15) is 19.3 Å². The second-order valence-electron chi connectivity index (χ2n) is 4.55. The summed E-state index contributed by atoms with van der Waals surface area (Å²) >= 11 is 9.21. The molecule has 1 saturated heterocycles. The fourth-order valence-corrected chi connectivity index (χ4v) is 4.22. The highest BCUT2D eigenvalue weighted by atomic mass is 79.9. The highest BCUT2D eigenvalue weighted by Gasteiger charge is 2.19. The Hall–Kier alpha value is 0.150. The van der Waals surface area contributed by atoms with Crippen LogP contribution in [0.2, 0.25) is 5.02 Å². The van der Waals surface area contributed by atoms with E-state index < -0.39 is 10.0 Å². The van der Waals surface area contributed by atoms with Crippen LogP contribution in [0.4, 0.5) is 0 Å². The van der Waals surface area contributed by atoms with Crippen molar-refractivity contribution in [3.63, 3.8) is 0 Å². The van der Waals surface area contributed by atoms with E-state index in [1.165, 1.54) is 6.07 Å². The third-order valence-electron chi connectivity index (χ3n) is 3.13. The Kier molecular flexibility index (Phi) is 7.24. The summed E-state index contributed by atoms with van der Waals surface area (Å²) in [4.78, 5) is 0.122. The van der Waals surface area contributed by atoms with Gasteiger partial charge in [0.2, 0.25) is 10.0 Å². The Morgan fingerprint density at radius 1 is 1.45 bits per heavy atom. The standard InChI is InChI=1S/C12H16BrClN2O2S.ClH/c13-9-3-4-12(11(14)8-9)19(17,18)16-7-5-10-2-1-6-15-10;/h3-4,8,10,15-16H,1-2,5-7H2;1H/t10-;/m1./s1. The highest BCUT2D eigenvalue weighted by molar-refractivity contribution is 9.10. The van der Waals surface area contributed by atoms with E-state index in [0.29, 0.717) is 12.6 Å². The van der Waals surface area contributed by atoms with Gasteiger partial charge in [0.05, 0.1) is 5.02 Å². The van der Waals surface area contributed by atoms with Gasteiger partial charge in [-0.1, -0.05) is 27.5 Å². The van der Waals surface area contributed by atoms with Crippen LogP contribution in [0.3, 0.4) is 0 Å². The van der Waals surface area contributed by atoms with Crippen LogP contribution in [0, 0.1) is 0 Å². The number of hydrogen-bond donors (Lipinski definition) is 2. The first kappa shape index (κ1) is 18.2. The number of nitrogens with one attached hydrogen (secondary N) is 2. The van der Waals surface area contributed by atoms with Gasteiger partial charge in [-0.3, -0.25) is 0 Å². The first-order chi connectivity index (χ1) is 8.99. The van der Waals surface area contributed by atoms with Gasteiger partial charge < -0.3 is 5.32 Å². The fraction of sp³-hybridized carbons (Fsp3) is 0.500. The quantitative estimate of drug-likeness (QED) is 0.794. The van der Waals surface area contributed by atoms with Crippen LogP contribution < -0.4 is 10.0 Å². The maximum absolute atomic E-state index is 12.1. The van der Waals surface area contributed by atoms with Gasteiger partial charge in [-0.05, 0) is 44.0 Å². The molecule has 8 heteroatoms. The maximum atomic E-state index is 12.1. The molecule has 1 aromatic rings. The Bertz CT molecular complexity index is 548.